The Morgan fingerprint density at radius 3 is 1.80 bits per heavy atom. The summed E-state index contributed by atoms with van der Waals surface area (Å²) in [5, 5.41) is 7.10. The molecule has 0 radical (unpaired) electrons. The number of benzene rings is 9. The summed E-state index contributed by atoms with van der Waals surface area (Å²) in [5.41, 5.74) is 12.2. The number of rotatable bonds is 6. The molecule has 0 atom stereocenters. The van der Waals surface area contributed by atoms with Gasteiger partial charge in [0.2, 0.25) is 0 Å². The largest absolute Gasteiger partial charge is 0.455 e. The van der Waals surface area contributed by atoms with Crippen LogP contribution >= 0.6 is 11.3 Å². The highest BCUT2D eigenvalue weighted by Crippen LogP contribution is 2.45. The Hall–Kier alpha value is -6.94. The van der Waals surface area contributed by atoms with Crippen molar-refractivity contribution < 1.29 is 4.42 Å². The maximum Gasteiger partial charge on any atom is 0.143 e. The van der Waals surface area contributed by atoms with Crippen molar-refractivity contribution in [1.82, 2.24) is 0 Å². The van der Waals surface area contributed by atoms with Crippen LogP contribution in [0.2, 0.25) is 0 Å². The van der Waals surface area contributed by atoms with Gasteiger partial charge in [-0.25, -0.2) is 0 Å². The second-order valence-corrected chi connectivity index (χ2v) is 15.2. The lowest BCUT2D eigenvalue weighted by Crippen LogP contribution is -2.10. The summed E-state index contributed by atoms with van der Waals surface area (Å²) in [5.74, 6) is 0. The third-order valence-corrected chi connectivity index (χ3v) is 12.0. The minimum Gasteiger partial charge on any atom is -0.455 e. The molecule has 0 aliphatic rings. The van der Waals surface area contributed by atoms with E-state index < -0.39 is 0 Å². The first-order valence-corrected chi connectivity index (χ1v) is 19.5. The second-order valence-electron chi connectivity index (χ2n) is 14.1. The van der Waals surface area contributed by atoms with Crippen molar-refractivity contribution >= 4 is 81.3 Å². The Bertz CT molecular complexity index is 3190. The minimum atomic E-state index is 0.870. The first-order chi connectivity index (χ1) is 27.2. The predicted molar refractivity (Wildman–Crippen MR) is 235 cm³/mol. The van der Waals surface area contributed by atoms with Crippen molar-refractivity contribution in [3.05, 3.63) is 200 Å². The summed E-state index contributed by atoms with van der Waals surface area (Å²) >= 11 is 1.85. The van der Waals surface area contributed by atoms with E-state index in [1.165, 1.54) is 58.9 Å². The summed E-state index contributed by atoms with van der Waals surface area (Å²) in [6.07, 6.45) is 0. The fourth-order valence-electron chi connectivity index (χ4n) is 8.17. The third-order valence-electron chi connectivity index (χ3n) is 10.9. The van der Waals surface area contributed by atoms with Crippen molar-refractivity contribution in [3.8, 4) is 33.4 Å². The number of thiophene rings is 1. The van der Waals surface area contributed by atoms with Gasteiger partial charge in [0.15, 0.2) is 0 Å². The summed E-state index contributed by atoms with van der Waals surface area (Å²) in [6.45, 7) is 0. The molecule has 0 unspecified atom stereocenters. The van der Waals surface area contributed by atoms with Crippen LogP contribution in [0, 0.1) is 0 Å². The summed E-state index contributed by atoms with van der Waals surface area (Å²) in [7, 11) is 0. The number of nitrogens with zero attached hydrogens (tertiary/aromatic N) is 1. The van der Waals surface area contributed by atoms with Gasteiger partial charge >= 0.3 is 0 Å². The highest BCUT2D eigenvalue weighted by atomic mass is 32.1. The number of anilines is 3. The van der Waals surface area contributed by atoms with Gasteiger partial charge in [-0.3, -0.25) is 0 Å². The van der Waals surface area contributed by atoms with E-state index in [0.717, 1.165) is 44.4 Å². The van der Waals surface area contributed by atoms with Crippen molar-refractivity contribution in [2.75, 3.05) is 4.90 Å². The van der Waals surface area contributed by atoms with E-state index >= 15 is 0 Å². The molecule has 11 rings (SSSR count). The Kier molecular flexibility index (Phi) is 7.39. The van der Waals surface area contributed by atoms with Crippen LogP contribution in [-0.2, 0) is 0 Å². The number of hydrogen-bond donors (Lipinski definition) is 0. The standard InChI is InChI=1S/C52H33NOS/c1-2-10-34(11-3-1)35-20-22-36(23-21-35)37-24-28-41(29-25-37)53(47-17-9-18-48-51(47)45-30-26-38-12-4-5-15-43(38)52(45)54-48)42-14-8-13-39(32-42)40-27-31-50-46(33-40)44-16-6-7-19-49(44)55-50/h1-33H. The van der Waals surface area contributed by atoms with Crippen LogP contribution in [0.1, 0.15) is 0 Å². The number of fused-ring (bicyclic) bond motifs is 8. The molecule has 258 valence electrons. The lowest BCUT2D eigenvalue weighted by molar-refractivity contribution is 0.672. The molecule has 0 aliphatic heterocycles. The monoisotopic (exact) mass is 719 g/mol. The van der Waals surface area contributed by atoms with Gasteiger partial charge in [0.25, 0.3) is 0 Å². The van der Waals surface area contributed by atoms with E-state index in [4.69, 9.17) is 4.42 Å². The quantitative estimate of drug-likeness (QED) is 0.170. The van der Waals surface area contributed by atoms with Crippen LogP contribution < -0.4 is 4.90 Å². The molecule has 2 heterocycles. The van der Waals surface area contributed by atoms with E-state index in [9.17, 15) is 0 Å². The summed E-state index contributed by atoms with van der Waals surface area (Å²) in [4.78, 5) is 2.39. The van der Waals surface area contributed by atoms with Crippen LogP contribution in [0.15, 0.2) is 205 Å². The molecular formula is C52H33NOS. The summed E-state index contributed by atoms with van der Waals surface area (Å²) < 4.78 is 9.31. The van der Waals surface area contributed by atoms with E-state index in [2.05, 4.69) is 205 Å². The summed E-state index contributed by atoms with van der Waals surface area (Å²) in [6, 6.07) is 72.2. The Morgan fingerprint density at radius 2 is 0.982 bits per heavy atom. The highest BCUT2D eigenvalue weighted by Gasteiger charge is 2.21. The minimum absolute atomic E-state index is 0.870. The lowest BCUT2D eigenvalue weighted by Gasteiger charge is -2.27. The Balaban J connectivity index is 1.06. The molecule has 2 aromatic heterocycles. The molecule has 2 nitrogen and oxygen atoms in total. The van der Waals surface area contributed by atoms with Gasteiger partial charge in [0.05, 0.1) is 11.1 Å². The van der Waals surface area contributed by atoms with Crippen molar-refractivity contribution in [2.45, 2.75) is 0 Å². The maximum atomic E-state index is 6.68. The van der Waals surface area contributed by atoms with Gasteiger partial charge in [0.1, 0.15) is 11.2 Å². The fraction of sp³-hybridized carbons (Fsp3) is 0. The molecule has 3 heteroatoms. The first-order valence-electron chi connectivity index (χ1n) is 18.7. The molecule has 0 amide bonds. The molecule has 0 saturated carbocycles. The van der Waals surface area contributed by atoms with E-state index in [1.54, 1.807) is 0 Å². The van der Waals surface area contributed by atoms with E-state index in [0.29, 0.717) is 0 Å². The SMILES string of the molecule is c1ccc(-c2ccc(-c3ccc(N(c4cccc(-c5ccc6sc7ccccc7c6c5)c4)c4cccc5oc6c7ccccc7ccc6c45)cc3)cc2)cc1. The maximum absolute atomic E-state index is 6.68. The lowest BCUT2D eigenvalue weighted by atomic mass is 9.99. The second kappa shape index (κ2) is 12.9. The zero-order chi connectivity index (χ0) is 36.3. The van der Waals surface area contributed by atoms with Crippen LogP contribution in [0.3, 0.4) is 0 Å². The molecule has 9 aromatic carbocycles. The predicted octanol–water partition coefficient (Wildman–Crippen LogP) is 15.6. The van der Waals surface area contributed by atoms with Crippen molar-refractivity contribution in [2.24, 2.45) is 0 Å². The van der Waals surface area contributed by atoms with Gasteiger partial charge in [-0.2, -0.15) is 0 Å². The van der Waals surface area contributed by atoms with Gasteiger partial charge in [0, 0.05) is 42.3 Å². The van der Waals surface area contributed by atoms with Gasteiger partial charge in [-0.15, -0.1) is 11.3 Å². The van der Waals surface area contributed by atoms with Crippen LogP contribution in [-0.4, -0.2) is 0 Å². The molecule has 0 bridgehead atoms. The average Bonchev–Trinajstić information content (AvgIpc) is 3.84. The van der Waals surface area contributed by atoms with Crippen LogP contribution in [0.4, 0.5) is 17.1 Å². The van der Waals surface area contributed by atoms with Crippen molar-refractivity contribution in [1.29, 1.82) is 0 Å². The normalized spacial score (nSPS) is 11.6. The first kappa shape index (κ1) is 31.6. The number of hydrogen-bond acceptors (Lipinski definition) is 3. The average molecular weight is 720 g/mol. The van der Waals surface area contributed by atoms with Crippen LogP contribution in [0.5, 0.6) is 0 Å². The van der Waals surface area contributed by atoms with Gasteiger partial charge in [-0.1, -0.05) is 140 Å². The zero-order valence-corrected chi connectivity index (χ0v) is 30.6. The van der Waals surface area contributed by atoms with E-state index in [1.807, 2.05) is 11.3 Å². The number of furan rings is 1. The molecule has 11 aromatic rings. The van der Waals surface area contributed by atoms with E-state index in [-0.39, 0.29) is 0 Å². The molecule has 0 saturated heterocycles. The Morgan fingerprint density at radius 1 is 0.364 bits per heavy atom. The topological polar surface area (TPSA) is 16.4 Å². The smallest absolute Gasteiger partial charge is 0.143 e. The molecule has 0 N–H and O–H groups in total. The molecule has 0 spiro atoms. The Labute approximate surface area is 322 Å². The van der Waals surface area contributed by atoms with Gasteiger partial charge < -0.3 is 9.32 Å². The van der Waals surface area contributed by atoms with Gasteiger partial charge in [-0.05, 0) is 99.4 Å². The molecular weight excluding hydrogens is 687 g/mol. The molecule has 0 fully saturated rings. The van der Waals surface area contributed by atoms with Crippen molar-refractivity contribution in [3.63, 3.8) is 0 Å². The molecule has 0 aliphatic carbocycles. The van der Waals surface area contributed by atoms with Crippen LogP contribution in [0.25, 0.3) is 86.3 Å². The third kappa shape index (κ3) is 5.40. The fourth-order valence-corrected chi connectivity index (χ4v) is 9.25. The zero-order valence-electron chi connectivity index (χ0n) is 29.8. The highest BCUT2D eigenvalue weighted by molar-refractivity contribution is 7.25. The molecule has 55 heavy (non-hydrogen) atoms.